The predicted molar refractivity (Wildman–Crippen MR) is 108 cm³/mol. The molecular formula is C20H26FN3O4S. The SMILES string of the molecule is CC(C)(C)OC(=O)N1CCCN(S(=O)(=O)c2ccc3cnccc3c2)[C@H](CF)C1. The van der Waals surface area contributed by atoms with Gasteiger partial charge in [0.05, 0.1) is 10.9 Å². The van der Waals surface area contributed by atoms with Crippen LogP contribution in [-0.2, 0) is 14.8 Å². The van der Waals surface area contributed by atoms with Crippen molar-refractivity contribution < 1.29 is 22.3 Å². The average Bonchev–Trinajstić information content (AvgIpc) is 2.89. The fourth-order valence-corrected chi connectivity index (χ4v) is 5.00. The van der Waals surface area contributed by atoms with Crippen molar-refractivity contribution in [3.63, 3.8) is 0 Å². The number of hydrogen-bond donors (Lipinski definition) is 0. The third-order valence-corrected chi connectivity index (χ3v) is 6.64. The van der Waals surface area contributed by atoms with E-state index in [0.717, 1.165) is 10.8 Å². The van der Waals surface area contributed by atoms with Crippen molar-refractivity contribution in [3.05, 3.63) is 36.7 Å². The lowest BCUT2D eigenvalue weighted by molar-refractivity contribution is 0.0235. The maximum Gasteiger partial charge on any atom is 0.410 e. The van der Waals surface area contributed by atoms with Crippen LogP contribution in [0.3, 0.4) is 0 Å². The number of hydrogen-bond acceptors (Lipinski definition) is 5. The number of carbonyl (C=O) groups excluding carboxylic acids is 1. The monoisotopic (exact) mass is 423 g/mol. The highest BCUT2D eigenvalue weighted by molar-refractivity contribution is 7.89. The van der Waals surface area contributed by atoms with Crippen molar-refractivity contribution in [2.24, 2.45) is 0 Å². The second kappa shape index (κ2) is 8.23. The van der Waals surface area contributed by atoms with E-state index in [4.69, 9.17) is 4.74 Å². The summed E-state index contributed by atoms with van der Waals surface area (Å²) < 4.78 is 47.0. The number of benzene rings is 1. The third-order valence-electron chi connectivity index (χ3n) is 4.69. The molecule has 1 aromatic heterocycles. The van der Waals surface area contributed by atoms with Crippen LogP contribution in [0.4, 0.5) is 9.18 Å². The number of ether oxygens (including phenoxy) is 1. The second-order valence-electron chi connectivity index (χ2n) is 8.09. The van der Waals surface area contributed by atoms with E-state index in [2.05, 4.69) is 4.98 Å². The molecule has 1 aliphatic heterocycles. The van der Waals surface area contributed by atoms with Crippen LogP contribution in [0.2, 0.25) is 0 Å². The molecule has 1 atom stereocenters. The number of pyridine rings is 1. The predicted octanol–water partition coefficient (Wildman–Crippen LogP) is 3.20. The summed E-state index contributed by atoms with van der Waals surface area (Å²) in [5, 5.41) is 1.56. The Hall–Kier alpha value is -2.26. The van der Waals surface area contributed by atoms with Crippen LogP contribution in [0, 0.1) is 0 Å². The molecule has 2 heterocycles. The van der Waals surface area contributed by atoms with Gasteiger partial charge in [0.15, 0.2) is 0 Å². The fourth-order valence-electron chi connectivity index (χ4n) is 3.33. The smallest absolute Gasteiger partial charge is 0.410 e. The van der Waals surface area contributed by atoms with Crippen molar-refractivity contribution in [3.8, 4) is 0 Å². The van der Waals surface area contributed by atoms with Crippen LogP contribution in [0.25, 0.3) is 10.8 Å². The van der Waals surface area contributed by atoms with E-state index in [1.165, 1.54) is 15.3 Å². The number of halogens is 1. The lowest BCUT2D eigenvalue weighted by Crippen LogP contribution is -2.47. The maximum absolute atomic E-state index is 13.9. The maximum atomic E-state index is 13.9. The first-order valence-electron chi connectivity index (χ1n) is 9.51. The first-order valence-corrected chi connectivity index (χ1v) is 11.0. The molecule has 1 amide bonds. The van der Waals surface area contributed by atoms with Crippen LogP contribution in [0.15, 0.2) is 41.6 Å². The molecule has 7 nitrogen and oxygen atoms in total. The summed E-state index contributed by atoms with van der Waals surface area (Å²) in [6.07, 6.45) is 3.08. The number of fused-ring (bicyclic) bond motifs is 1. The summed E-state index contributed by atoms with van der Waals surface area (Å²) in [5.74, 6) is 0. The van der Waals surface area contributed by atoms with Gasteiger partial charge in [-0.3, -0.25) is 4.98 Å². The molecule has 0 saturated carbocycles. The van der Waals surface area contributed by atoms with Gasteiger partial charge >= 0.3 is 6.09 Å². The highest BCUT2D eigenvalue weighted by Gasteiger charge is 2.36. The largest absolute Gasteiger partial charge is 0.444 e. The minimum Gasteiger partial charge on any atom is -0.444 e. The van der Waals surface area contributed by atoms with Gasteiger partial charge in [-0.15, -0.1) is 0 Å². The van der Waals surface area contributed by atoms with Crippen molar-refractivity contribution >= 4 is 26.9 Å². The molecular weight excluding hydrogens is 397 g/mol. The normalized spacial score (nSPS) is 19.2. The van der Waals surface area contributed by atoms with Gasteiger partial charge < -0.3 is 9.64 Å². The molecule has 0 aliphatic carbocycles. The van der Waals surface area contributed by atoms with Crippen LogP contribution >= 0.6 is 0 Å². The molecule has 3 rings (SSSR count). The van der Waals surface area contributed by atoms with Crippen LogP contribution in [0.5, 0.6) is 0 Å². The van der Waals surface area contributed by atoms with Gasteiger partial charge in [0.25, 0.3) is 0 Å². The van der Waals surface area contributed by atoms with E-state index in [1.807, 2.05) is 0 Å². The fraction of sp³-hybridized carbons (Fsp3) is 0.500. The lowest BCUT2D eigenvalue weighted by Gasteiger charge is -2.30. The molecule has 9 heteroatoms. The standard InChI is InChI=1S/C20H26FN3O4S/c1-20(2,3)28-19(25)23-9-4-10-24(17(12-21)14-23)29(26,27)18-6-5-16-13-22-8-7-15(16)11-18/h5-8,11,13,17H,4,9-10,12,14H2,1-3H3/t17-/m1/s1. The van der Waals surface area contributed by atoms with Crippen LogP contribution in [-0.4, -0.2) is 66.7 Å². The van der Waals surface area contributed by atoms with Gasteiger partial charge in [-0.05, 0) is 50.8 Å². The van der Waals surface area contributed by atoms with Gasteiger partial charge in [0.2, 0.25) is 10.0 Å². The Morgan fingerprint density at radius 1 is 1.24 bits per heavy atom. The molecule has 0 radical (unpaired) electrons. The number of rotatable bonds is 3. The van der Waals surface area contributed by atoms with Gasteiger partial charge in [-0.2, -0.15) is 4.31 Å². The second-order valence-corrected chi connectivity index (χ2v) is 9.98. The number of carbonyl (C=O) groups is 1. The van der Waals surface area contributed by atoms with E-state index in [9.17, 15) is 17.6 Å². The first-order chi connectivity index (χ1) is 13.6. The van der Waals surface area contributed by atoms with E-state index in [-0.39, 0.29) is 18.0 Å². The Labute approximate surface area is 170 Å². The summed E-state index contributed by atoms with van der Waals surface area (Å²) in [6, 6.07) is 5.52. The number of nitrogens with zero attached hydrogens (tertiary/aromatic N) is 3. The summed E-state index contributed by atoms with van der Waals surface area (Å²) in [6.45, 7) is 4.74. The Bertz CT molecular complexity index is 991. The molecule has 29 heavy (non-hydrogen) atoms. The van der Waals surface area contributed by atoms with E-state index < -0.39 is 34.4 Å². The van der Waals surface area contributed by atoms with Gasteiger partial charge in [-0.25, -0.2) is 17.6 Å². The van der Waals surface area contributed by atoms with Crippen molar-refractivity contribution in [1.82, 2.24) is 14.2 Å². The summed E-state index contributed by atoms with van der Waals surface area (Å²) in [5.41, 5.74) is -0.680. The quantitative estimate of drug-likeness (QED) is 0.757. The van der Waals surface area contributed by atoms with E-state index in [1.54, 1.807) is 51.4 Å². The van der Waals surface area contributed by atoms with Crippen molar-refractivity contribution in [2.75, 3.05) is 26.3 Å². The zero-order valence-corrected chi connectivity index (χ0v) is 17.7. The number of alkyl halides is 1. The Morgan fingerprint density at radius 2 is 2.00 bits per heavy atom. The van der Waals surface area contributed by atoms with E-state index in [0.29, 0.717) is 13.0 Å². The van der Waals surface area contributed by atoms with Crippen LogP contribution in [0.1, 0.15) is 27.2 Å². The van der Waals surface area contributed by atoms with Crippen molar-refractivity contribution in [2.45, 2.75) is 43.7 Å². The average molecular weight is 424 g/mol. The molecule has 1 saturated heterocycles. The van der Waals surface area contributed by atoms with Crippen LogP contribution < -0.4 is 0 Å². The van der Waals surface area contributed by atoms with Gasteiger partial charge in [0.1, 0.15) is 12.3 Å². The summed E-state index contributed by atoms with van der Waals surface area (Å²) in [7, 11) is -3.93. The minimum atomic E-state index is -3.93. The summed E-state index contributed by atoms with van der Waals surface area (Å²) >= 11 is 0. The molecule has 2 aromatic rings. The minimum absolute atomic E-state index is 0.0534. The van der Waals surface area contributed by atoms with Crippen molar-refractivity contribution in [1.29, 1.82) is 0 Å². The molecule has 0 N–H and O–H groups in total. The molecule has 0 unspecified atom stereocenters. The van der Waals surface area contributed by atoms with Gasteiger partial charge in [-0.1, -0.05) is 6.07 Å². The van der Waals surface area contributed by atoms with E-state index >= 15 is 0 Å². The Kier molecular flexibility index (Phi) is 6.09. The third kappa shape index (κ3) is 4.84. The van der Waals surface area contributed by atoms with Gasteiger partial charge in [0, 0.05) is 37.4 Å². The summed E-state index contributed by atoms with van der Waals surface area (Å²) in [4.78, 5) is 17.9. The molecule has 1 aromatic carbocycles. The highest BCUT2D eigenvalue weighted by atomic mass is 32.2. The molecule has 1 fully saturated rings. The highest BCUT2D eigenvalue weighted by Crippen LogP contribution is 2.25. The molecule has 1 aliphatic rings. The molecule has 0 bridgehead atoms. The number of aromatic nitrogens is 1. The molecule has 158 valence electrons. The Balaban J connectivity index is 1.87. The number of amides is 1. The first kappa shape index (κ1) is 21.4. The topological polar surface area (TPSA) is 79.8 Å². The number of sulfonamides is 1. The zero-order valence-electron chi connectivity index (χ0n) is 16.8. The Morgan fingerprint density at radius 3 is 2.69 bits per heavy atom. The molecule has 0 spiro atoms. The zero-order chi connectivity index (χ0) is 21.2. The lowest BCUT2D eigenvalue weighted by atomic mass is 10.2.